The molecule has 0 saturated heterocycles. The molecule has 7 heteroatoms. The number of oxime groups is 1. The normalized spacial score (nSPS) is 16.3. The van der Waals surface area contributed by atoms with Crippen LogP contribution in [0, 0.1) is 6.92 Å². The zero-order valence-electron chi connectivity index (χ0n) is 16.4. The van der Waals surface area contributed by atoms with Crippen molar-refractivity contribution in [3.8, 4) is 0 Å². The summed E-state index contributed by atoms with van der Waals surface area (Å²) in [6.45, 7) is 4.32. The highest BCUT2D eigenvalue weighted by atomic mass is 19.4. The molecule has 1 aliphatic rings. The standard InChI is InChI=1S/C22H23F3N2O2/c1-3-21(28)27(13-16-6-10-18(11-7-16)22(23,24)25)14-19-12-20(26-29-19)17-8-4-15(2)5-9-17/h4-11,19H,3,12-14H2,1-2H3. The van der Waals surface area contributed by atoms with Gasteiger partial charge in [0.2, 0.25) is 5.91 Å². The minimum absolute atomic E-state index is 0.0858. The molecule has 0 radical (unpaired) electrons. The number of halogens is 3. The van der Waals surface area contributed by atoms with Crippen molar-refractivity contribution in [2.75, 3.05) is 6.54 Å². The van der Waals surface area contributed by atoms with Gasteiger partial charge in [-0.2, -0.15) is 13.2 Å². The van der Waals surface area contributed by atoms with Gasteiger partial charge in [0.25, 0.3) is 0 Å². The molecule has 0 N–H and O–H groups in total. The fourth-order valence-corrected chi connectivity index (χ4v) is 3.19. The van der Waals surface area contributed by atoms with Gasteiger partial charge in [-0.25, -0.2) is 0 Å². The van der Waals surface area contributed by atoms with Gasteiger partial charge in [0.15, 0.2) is 6.10 Å². The lowest BCUT2D eigenvalue weighted by molar-refractivity contribution is -0.137. The predicted octanol–water partition coefficient (Wildman–Crippen LogP) is 4.95. The van der Waals surface area contributed by atoms with Crippen LogP contribution in [0.3, 0.4) is 0 Å². The molecule has 1 atom stereocenters. The maximum Gasteiger partial charge on any atom is 0.416 e. The summed E-state index contributed by atoms with van der Waals surface area (Å²) in [5, 5.41) is 4.15. The number of amides is 1. The van der Waals surface area contributed by atoms with E-state index in [2.05, 4.69) is 5.16 Å². The fraction of sp³-hybridized carbons (Fsp3) is 0.364. The SMILES string of the molecule is CCC(=O)N(Cc1ccc(C(F)(F)F)cc1)CC1CC(c2ccc(C)cc2)=NO1. The Labute approximate surface area is 168 Å². The van der Waals surface area contributed by atoms with Crippen LogP contribution in [-0.2, 0) is 22.4 Å². The fourth-order valence-electron chi connectivity index (χ4n) is 3.19. The molecule has 0 saturated carbocycles. The average molecular weight is 404 g/mol. The van der Waals surface area contributed by atoms with Crippen molar-refractivity contribution < 1.29 is 22.8 Å². The van der Waals surface area contributed by atoms with Gasteiger partial charge in [-0.3, -0.25) is 4.79 Å². The lowest BCUT2D eigenvalue weighted by atomic mass is 10.0. The van der Waals surface area contributed by atoms with Gasteiger partial charge in [-0.05, 0) is 30.2 Å². The van der Waals surface area contributed by atoms with Gasteiger partial charge >= 0.3 is 6.18 Å². The van der Waals surface area contributed by atoms with E-state index >= 15 is 0 Å². The highest BCUT2D eigenvalue weighted by molar-refractivity contribution is 6.01. The number of alkyl halides is 3. The molecule has 2 aromatic carbocycles. The maximum atomic E-state index is 12.7. The average Bonchev–Trinajstić information content (AvgIpc) is 3.15. The Morgan fingerprint density at radius 2 is 1.79 bits per heavy atom. The quantitative estimate of drug-likeness (QED) is 0.684. The van der Waals surface area contributed by atoms with Gasteiger partial charge in [-0.1, -0.05) is 54.0 Å². The Morgan fingerprint density at radius 1 is 1.14 bits per heavy atom. The highest BCUT2D eigenvalue weighted by Gasteiger charge is 2.30. The lowest BCUT2D eigenvalue weighted by Gasteiger charge is -2.24. The third kappa shape index (κ3) is 5.37. The van der Waals surface area contributed by atoms with E-state index in [0.717, 1.165) is 29.0 Å². The van der Waals surface area contributed by atoms with Crippen molar-refractivity contribution in [1.82, 2.24) is 4.90 Å². The molecule has 1 amide bonds. The summed E-state index contributed by atoms with van der Waals surface area (Å²) in [5.41, 5.74) is 2.89. The van der Waals surface area contributed by atoms with Gasteiger partial charge in [-0.15, -0.1) is 0 Å². The van der Waals surface area contributed by atoms with Gasteiger partial charge < -0.3 is 9.74 Å². The van der Waals surface area contributed by atoms with Crippen molar-refractivity contribution >= 4 is 11.6 Å². The largest absolute Gasteiger partial charge is 0.416 e. The Balaban J connectivity index is 1.64. The van der Waals surface area contributed by atoms with Gasteiger partial charge in [0, 0.05) is 19.4 Å². The van der Waals surface area contributed by atoms with E-state index in [-0.39, 0.29) is 18.6 Å². The summed E-state index contributed by atoms with van der Waals surface area (Å²) in [6.07, 6.45) is -3.78. The van der Waals surface area contributed by atoms with Crippen LogP contribution >= 0.6 is 0 Å². The Bertz CT molecular complexity index is 874. The van der Waals surface area contributed by atoms with Crippen LogP contribution in [0.5, 0.6) is 0 Å². The molecule has 2 aromatic rings. The number of rotatable bonds is 6. The second-order valence-corrected chi connectivity index (χ2v) is 7.16. The van der Waals surface area contributed by atoms with Crippen molar-refractivity contribution in [2.45, 2.75) is 45.5 Å². The molecular formula is C22H23F3N2O2. The monoisotopic (exact) mass is 404 g/mol. The molecule has 1 heterocycles. The van der Waals surface area contributed by atoms with Crippen LogP contribution in [0.2, 0.25) is 0 Å². The summed E-state index contributed by atoms with van der Waals surface area (Å²) in [4.78, 5) is 19.5. The van der Waals surface area contributed by atoms with E-state index < -0.39 is 11.7 Å². The Kier molecular flexibility index (Phi) is 6.25. The van der Waals surface area contributed by atoms with Crippen molar-refractivity contribution in [3.05, 3.63) is 70.8 Å². The molecule has 0 aromatic heterocycles. The molecule has 154 valence electrons. The minimum atomic E-state index is -4.38. The Hall–Kier alpha value is -2.83. The summed E-state index contributed by atoms with van der Waals surface area (Å²) >= 11 is 0. The molecule has 4 nitrogen and oxygen atoms in total. The first-order valence-corrected chi connectivity index (χ1v) is 9.50. The van der Waals surface area contributed by atoms with Crippen LogP contribution in [0.15, 0.2) is 53.7 Å². The number of hydrogen-bond acceptors (Lipinski definition) is 3. The number of aryl methyl sites for hydroxylation is 1. The zero-order chi connectivity index (χ0) is 21.0. The molecule has 0 bridgehead atoms. The molecular weight excluding hydrogens is 381 g/mol. The van der Waals surface area contributed by atoms with Crippen LogP contribution in [0.4, 0.5) is 13.2 Å². The topological polar surface area (TPSA) is 41.9 Å². The highest BCUT2D eigenvalue weighted by Crippen LogP contribution is 2.29. The van der Waals surface area contributed by atoms with E-state index in [1.807, 2.05) is 31.2 Å². The first-order chi connectivity index (χ1) is 13.8. The van der Waals surface area contributed by atoms with E-state index in [1.54, 1.807) is 11.8 Å². The Morgan fingerprint density at radius 3 is 2.38 bits per heavy atom. The van der Waals surface area contributed by atoms with E-state index in [9.17, 15) is 18.0 Å². The van der Waals surface area contributed by atoms with Crippen molar-refractivity contribution in [1.29, 1.82) is 0 Å². The molecule has 29 heavy (non-hydrogen) atoms. The summed E-state index contributed by atoms with van der Waals surface area (Å²) in [5.74, 6) is -0.0858. The number of hydrogen-bond donors (Lipinski definition) is 0. The summed E-state index contributed by atoms with van der Waals surface area (Å²) < 4.78 is 38.2. The van der Waals surface area contributed by atoms with Crippen LogP contribution in [0.1, 0.15) is 42.0 Å². The van der Waals surface area contributed by atoms with E-state index in [0.29, 0.717) is 24.9 Å². The molecule has 0 spiro atoms. The summed E-state index contributed by atoms with van der Waals surface area (Å²) in [6, 6.07) is 12.9. The maximum absolute atomic E-state index is 12.7. The first-order valence-electron chi connectivity index (χ1n) is 9.50. The third-order valence-electron chi connectivity index (χ3n) is 4.85. The van der Waals surface area contributed by atoms with Crippen LogP contribution in [-0.4, -0.2) is 29.2 Å². The number of benzene rings is 2. The third-order valence-corrected chi connectivity index (χ3v) is 4.85. The summed E-state index contributed by atoms with van der Waals surface area (Å²) in [7, 11) is 0. The second kappa shape index (κ2) is 8.68. The number of carbonyl (C=O) groups is 1. The second-order valence-electron chi connectivity index (χ2n) is 7.16. The molecule has 1 unspecified atom stereocenters. The first kappa shape index (κ1) is 20.9. The minimum Gasteiger partial charge on any atom is -0.390 e. The van der Waals surface area contributed by atoms with Crippen LogP contribution in [0.25, 0.3) is 0 Å². The van der Waals surface area contributed by atoms with Crippen molar-refractivity contribution in [3.63, 3.8) is 0 Å². The van der Waals surface area contributed by atoms with E-state index in [4.69, 9.17) is 4.84 Å². The van der Waals surface area contributed by atoms with Gasteiger partial charge in [0.05, 0.1) is 17.8 Å². The molecule has 0 aliphatic carbocycles. The molecule has 1 aliphatic heterocycles. The molecule has 0 fully saturated rings. The van der Waals surface area contributed by atoms with Crippen molar-refractivity contribution in [2.24, 2.45) is 5.16 Å². The smallest absolute Gasteiger partial charge is 0.390 e. The number of carbonyl (C=O) groups excluding carboxylic acids is 1. The van der Waals surface area contributed by atoms with Crippen LogP contribution < -0.4 is 0 Å². The van der Waals surface area contributed by atoms with E-state index in [1.165, 1.54) is 12.1 Å². The number of nitrogens with zero attached hydrogens (tertiary/aromatic N) is 2. The van der Waals surface area contributed by atoms with Gasteiger partial charge in [0.1, 0.15) is 0 Å². The lowest BCUT2D eigenvalue weighted by Crippen LogP contribution is -2.36. The predicted molar refractivity (Wildman–Crippen MR) is 104 cm³/mol. The zero-order valence-corrected chi connectivity index (χ0v) is 16.4. The molecule has 3 rings (SSSR count).